The topological polar surface area (TPSA) is 68.4 Å². The summed E-state index contributed by atoms with van der Waals surface area (Å²) in [6.07, 6.45) is 1.69. The van der Waals surface area contributed by atoms with E-state index in [1.165, 1.54) is 15.1 Å². The molecule has 6 nitrogen and oxygen atoms in total. The Balaban J connectivity index is 1.67. The van der Waals surface area contributed by atoms with Crippen molar-refractivity contribution in [3.05, 3.63) is 64.5 Å². The van der Waals surface area contributed by atoms with Crippen LogP contribution in [-0.4, -0.2) is 20.1 Å². The quantitative estimate of drug-likeness (QED) is 0.800. The molecule has 0 spiro atoms. The van der Waals surface area contributed by atoms with Gasteiger partial charge in [-0.25, -0.2) is 13.9 Å². The smallest absolute Gasteiger partial charge is 0.326 e. The number of amides is 1. The van der Waals surface area contributed by atoms with Gasteiger partial charge >= 0.3 is 5.69 Å². The Morgan fingerprint density at radius 1 is 1.30 bits per heavy atom. The van der Waals surface area contributed by atoms with Crippen LogP contribution < -0.4 is 11.0 Å². The fourth-order valence-corrected chi connectivity index (χ4v) is 2.22. The summed E-state index contributed by atoms with van der Waals surface area (Å²) in [5.41, 5.74) is 1.13. The number of benzene rings is 1. The molecule has 3 rings (SSSR count). The second-order valence-electron chi connectivity index (χ2n) is 5.20. The SMILES string of the molecule is Cc1ccc(NC(=O)CCn2nc3ccccn3c2=O)cc1F. The summed E-state index contributed by atoms with van der Waals surface area (Å²) in [7, 11) is 0. The maximum Gasteiger partial charge on any atom is 0.350 e. The summed E-state index contributed by atoms with van der Waals surface area (Å²) in [4.78, 5) is 24.0. The Morgan fingerprint density at radius 2 is 2.13 bits per heavy atom. The van der Waals surface area contributed by atoms with Gasteiger partial charge in [-0.1, -0.05) is 12.1 Å². The summed E-state index contributed by atoms with van der Waals surface area (Å²) < 4.78 is 16.1. The average molecular weight is 314 g/mol. The van der Waals surface area contributed by atoms with Crippen LogP contribution in [0.3, 0.4) is 0 Å². The van der Waals surface area contributed by atoms with E-state index in [1.807, 2.05) is 0 Å². The first kappa shape index (κ1) is 15.0. The van der Waals surface area contributed by atoms with E-state index in [2.05, 4.69) is 10.4 Å². The van der Waals surface area contributed by atoms with Gasteiger partial charge in [0.05, 0.1) is 6.54 Å². The van der Waals surface area contributed by atoms with Gasteiger partial charge in [0.2, 0.25) is 5.91 Å². The fraction of sp³-hybridized carbons (Fsp3) is 0.188. The number of hydrogen-bond donors (Lipinski definition) is 1. The van der Waals surface area contributed by atoms with E-state index in [4.69, 9.17) is 0 Å². The number of fused-ring (bicyclic) bond motifs is 1. The van der Waals surface area contributed by atoms with Crippen molar-refractivity contribution >= 4 is 17.2 Å². The first-order valence-electron chi connectivity index (χ1n) is 7.15. The highest BCUT2D eigenvalue weighted by Gasteiger charge is 2.09. The van der Waals surface area contributed by atoms with Gasteiger partial charge in [0.1, 0.15) is 5.82 Å². The number of aryl methyl sites for hydroxylation is 2. The van der Waals surface area contributed by atoms with Gasteiger partial charge in [-0.15, -0.1) is 5.10 Å². The Bertz CT molecular complexity index is 929. The Hall–Kier alpha value is -2.96. The summed E-state index contributed by atoms with van der Waals surface area (Å²) >= 11 is 0. The lowest BCUT2D eigenvalue weighted by Gasteiger charge is -2.06. The van der Waals surface area contributed by atoms with Gasteiger partial charge < -0.3 is 5.32 Å². The Labute approximate surface area is 131 Å². The third-order valence-corrected chi connectivity index (χ3v) is 3.49. The normalized spacial score (nSPS) is 10.9. The van der Waals surface area contributed by atoms with Crippen molar-refractivity contribution < 1.29 is 9.18 Å². The molecule has 118 valence electrons. The van der Waals surface area contributed by atoms with Gasteiger partial charge in [-0.2, -0.15) is 0 Å². The van der Waals surface area contributed by atoms with Crippen molar-refractivity contribution in [2.24, 2.45) is 0 Å². The van der Waals surface area contributed by atoms with Crippen LogP contribution in [0, 0.1) is 12.7 Å². The molecule has 1 N–H and O–H groups in total. The van der Waals surface area contributed by atoms with Crippen LogP contribution in [0.15, 0.2) is 47.4 Å². The molecule has 0 aliphatic rings. The van der Waals surface area contributed by atoms with E-state index in [-0.39, 0.29) is 30.4 Å². The summed E-state index contributed by atoms with van der Waals surface area (Å²) in [6.45, 7) is 1.80. The molecule has 2 heterocycles. The van der Waals surface area contributed by atoms with E-state index in [1.54, 1.807) is 43.5 Å². The van der Waals surface area contributed by atoms with Crippen LogP contribution in [0.25, 0.3) is 5.65 Å². The molecule has 3 aromatic rings. The lowest BCUT2D eigenvalue weighted by Crippen LogP contribution is -2.24. The predicted octanol–water partition coefficient (Wildman–Crippen LogP) is 1.97. The molecule has 0 saturated heterocycles. The molecule has 0 aliphatic heterocycles. The van der Waals surface area contributed by atoms with Crippen molar-refractivity contribution in [3.63, 3.8) is 0 Å². The molecule has 2 aromatic heterocycles. The van der Waals surface area contributed by atoms with Crippen LogP contribution in [0.1, 0.15) is 12.0 Å². The third kappa shape index (κ3) is 3.13. The van der Waals surface area contributed by atoms with Gasteiger partial charge in [0.15, 0.2) is 5.65 Å². The number of carbonyl (C=O) groups is 1. The van der Waals surface area contributed by atoms with E-state index in [0.29, 0.717) is 16.9 Å². The van der Waals surface area contributed by atoms with E-state index in [0.717, 1.165) is 0 Å². The lowest BCUT2D eigenvalue weighted by atomic mass is 10.2. The first-order valence-corrected chi connectivity index (χ1v) is 7.15. The fourth-order valence-electron chi connectivity index (χ4n) is 2.22. The number of halogens is 1. The van der Waals surface area contributed by atoms with E-state index >= 15 is 0 Å². The zero-order valence-corrected chi connectivity index (χ0v) is 12.5. The number of aromatic nitrogens is 3. The van der Waals surface area contributed by atoms with Crippen LogP contribution in [0.5, 0.6) is 0 Å². The van der Waals surface area contributed by atoms with Crippen LogP contribution in [0.2, 0.25) is 0 Å². The number of rotatable bonds is 4. The lowest BCUT2D eigenvalue weighted by molar-refractivity contribution is -0.116. The molecule has 23 heavy (non-hydrogen) atoms. The zero-order valence-electron chi connectivity index (χ0n) is 12.5. The number of carbonyl (C=O) groups excluding carboxylic acids is 1. The standard InChI is InChI=1S/C16H15FN4O2/c1-11-5-6-12(10-13(11)17)18-15(22)7-9-21-16(23)20-8-3-2-4-14(20)19-21/h2-6,8,10H,7,9H2,1H3,(H,18,22). The number of anilines is 1. The number of nitrogens with one attached hydrogen (secondary N) is 1. The molecule has 1 amide bonds. The molecule has 0 fully saturated rings. The summed E-state index contributed by atoms with van der Waals surface area (Å²) in [5.74, 6) is -0.684. The van der Waals surface area contributed by atoms with Crippen molar-refractivity contribution in [2.75, 3.05) is 5.32 Å². The molecule has 1 aromatic carbocycles. The Morgan fingerprint density at radius 3 is 2.87 bits per heavy atom. The van der Waals surface area contributed by atoms with Crippen LogP contribution >= 0.6 is 0 Å². The highest BCUT2D eigenvalue weighted by Crippen LogP contribution is 2.13. The van der Waals surface area contributed by atoms with Crippen molar-refractivity contribution in [1.29, 1.82) is 0 Å². The maximum atomic E-state index is 13.4. The Kier molecular flexibility index (Phi) is 3.92. The van der Waals surface area contributed by atoms with Gasteiger partial charge in [0, 0.05) is 18.3 Å². The molecule has 7 heteroatoms. The first-order chi connectivity index (χ1) is 11.0. The molecule has 0 unspecified atom stereocenters. The number of pyridine rings is 1. The average Bonchev–Trinajstić information content (AvgIpc) is 2.86. The second kappa shape index (κ2) is 6.04. The van der Waals surface area contributed by atoms with Crippen molar-refractivity contribution in [1.82, 2.24) is 14.2 Å². The van der Waals surface area contributed by atoms with Gasteiger partial charge in [-0.3, -0.25) is 9.20 Å². The second-order valence-corrected chi connectivity index (χ2v) is 5.20. The molecule has 0 radical (unpaired) electrons. The minimum atomic E-state index is -0.376. The molecule has 0 atom stereocenters. The predicted molar refractivity (Wildman–Crippen MR) is 83.8 cm³/mol. The highest BCUT2D eigenvalue weighted by atomic mass is 19.1. The molecule has 0 aliphatic carbocycles. The van der Waals surface area contributed by atoms with Gasteiger partial charge in [-0.05, 0) is 36.8 Å². The molecule has 0 saturated carbocycles. The highest BCUT2D eigenvalue weighted by molar-refractivity contribution is 5.90. The van der Waals surface area contributed by atoms with E-state index < -0.39 is 0 Å². The zero-order chi connectivity index (χ0) is 16.4. The van der Waals surface area contributed by atoms with Crippen molar-refractivity contribution in [3.8, 4) is 0 Å². The van der Waals surface area contributed by atoms with Crippen LogP contribution in [-0.2, 0) is 11.3 Å². The largest absolute Gasteiger partial charge is 0.350 e. The molecular weight excluding hydrogens is 299 g/mol. The van der Waals surface area contributed by atoms with Gasteiger partial charge in [0.25, 0.3) is 0 Å². The van der Waals surface area contributed by atoms with E-state index in [9.17, 15) is 14.0 Å². The maximum absolute atomic E-state index is 13.4. The summed E-state index contributed by atoms with van der Waals surface area (Å²) in [6, 6.07) is 9.73. The minimum absolute atomic E-state index is 0.0687. The van der Waals surface area contributed by atoms with Crippen LogP contribution in [0.4, 0.5) is 10.1 Å². The number of nitrogens with zero attached hydrogens (tertiary/aromatic N) is 3. The third-order valence-electron chi connectivity index (χ3n) is 3.49. The minimum Gasteiger partial charge on any atom is -0.326 e. The number of hydrogen-bond acceptors (Lipinski definition) is 3. The molecule has 0 bridgehead atoms. The van der Waals surface area contributed by atoms with Crippen molar-refractivity contribution in [2.45, 2.75) is 19.9 Å². The monoisotopic (exact) mass is 314 g/mol. The summed E-state index contributed by atoms with van der Waals surface area (Å²) in [5, 5.41) is 6.75. The molecular formula is C16H15FN4O2.